The number of aliphatic hydroxyl groups is 1. The van der Waals surface area contributed by atoms with Crippen LogP contribution in [0.3, 0.4) is 0 Å². The molecule has 136 valence electrons. The zero-order chi connectivity index (χ0) is 17.1. The number of aliphatic hydroxyl groups excluding tert-OH is 1. The molecule has 0 bridgehead atoms. The molecule has 24 heavy (non-hydrogen) atoms. The third-order valence-electron chi connectivity index (χ3n) is 8.93. The summed E-state index contributed by atoms with van der Waals surface area (Å²) in [5.41, 5.74) is 0.289. The molecule has 4 rings (SSSR count). The number of esters is 1. The molecule has 0 aromatic rings. The van der Waals surface area contributed by atoms with Gasteiger partial charge in [-0.05, 0) is 80.5 Å². The van der Waals surface area contributed by atoms with Crippen LogP contribution in [0.1, 0.15) is 78.6 Å². The van der Waals surface area contributed by atoms with E-state index in [9.17, 15) is 9.90 Å². The molecule has 4 saturated carbocycles. The van der Waals surface area contributed by atoms with Crippen molar-refractivity contribution < 1.29 is 14.6 Å². The molecule has 3 nitrogen and oxygen atoms in total. The van der Waals surface area contributed by atoms with E-state index in [4.69, 9.17) is 4.74 Å². The first-order valence-corrected chi connectivity index (χ1v) is 10.2. The molecule has 0 unspecified atom stereocenters. The fourth-order valence-electron chi connectivity index (χ4n) is 7.66. The largest absolute Gasteiger partial charge is 0.462 e. The predicted molar refractivity (Wildman–Crippen MR) is 93.3 cm³/mol. The van der Waals surface area contributed by atoms with Crippen LogP contribution in [0.15, 0.2) is 0 Å². The lowest BCUT2D eigenvalue weighted by Gasteiger charge is -2.61. The summed E-state index contributed by atoms with van der Waals surface area (Å²) in [4.78, 5) is 11.5. The van der Waals surface area contributed by atoms with Gasteiger partial charge in [-0.25, -0.2) is 0 Å². The van der Waals surface area contributed by atoms with E-state index in [0.29, 0.717) is 11.8 Å². The van der Waals surface area contributed by atoms with Gasteiger partial charge in [0.05, 0.1) is 6.10 Å². The Kier molecular flexibility index (Phi) is 4.02. The third-order valence-corrected chi connectivity index (χ3v) is 8.93. The van der Waals surface area contributed by atoms with Crippen LogP contribution in [-0.4, -0.2) is 23.3 Å². The summed E-state index contributed by atoms with van der Waals surface area (Å²) in [5.74, 6) is 2.66. The minimum atomic E-state index is -0.123. The second-order valence-electron chi connectivity index (χ2n) is 9.68. The highest BCUT2D eigenvalue weighted by Crippen LogP contribution is 2.66. The predicted octanol–water partition coefficient (Wildman–Crippen LogP) is 4.32. The lowest BCUT2D eigenvalue weighted by molar-refractivity contribution is -0.176. The second-order valence-corrected chi connectivity index (χ2v) is 9.68. The Hall–Kier alpha value is -0.570. The lowest BCUT2D eigenvalue weighted by Crippen LogP contribution is -2.58. The van der Waals surface area contributed by atoms with E-state index in [2.05, 4.69) is 13.8 Å². The Morgan fingerprint density at radius 2 is 1.79 bits per heavy atom. The van der Waals surface area contributed by atoms with Crippen LogP contribution in [0.25, 0.3) is 0 Å². The molecule has 3 heteroatoms. The summed E-state index contributed by atoms with van der Waals surface area (Å²) in [6.45, 7) is 6.33. The van der Waals surface area contributed by atoms with Gasteiger partial charge in [0, 0.05) is 12.3 Å². The van der Waals surface area contributed by atoms with E-state index in [0.717, 1.165) is 31.1 Å². The van der Waals surface area contributed by atoms with Crippen LogP contribution < -0.4 is 0 Å². The first-order valence-electron chi connectivity index (χ1n) is 10.2. The van der Waals surface area contributed by atoms with E-state index in [-0.39, 0.29) is 29.0 Å². The van der Waals surface area contributed by atoms with Gasteiger partial charge in [-0.1, -0.05) is 20.3 Å². The maximum atomic E-state index is 11.5. The van der Waals surface area contributed by atoms with Crippen molar-refractivity contribution in [2.24, 2.45) is 34.5 Å². The number of ether oxygens (including phenoxy) is 1. The van der Waals surface area contributed by atoms with Gasteiger partial charge in [-0.15, -0.1) is 0 Å². The summed E-state index contributed by atoms with van der Waals surface area (Å²) in [7, 11) is 0. The number of carbonyl (C=O) groups excluding carboxylic acids is 1. The van der Waals surface area contributed by atoms with E-state index >= 15 is 0 Å². The quantitative estimate of drug-likeness (QED) is 0.726. The molecule has 4 fully saturated rings. The summed E-state index contributed by atoms with van der Waals surface area (Å²) in [5, 5.41) is 10.9. The SMILES string of the molecule is CC(=O)O[C@H]1CC[C@H]2[C@@H]3CC[C@H]4CCC[C@@H](O)[C@]4(C)[C@H]3CC[C@]12C. The molecule has 0 aromatic heterocycles. The van der Waals surface area contributed by atoms with Gasteiger partial charge in [-0.2, -0.15) is 0 Å². The average Bonchev–Trinajstić information content (AvgIpc) is 2.85. The number of carbonyl (C=O) groups is 1. The molecule has 0 aliphatic heterocycles. The van der Waals surface area contributed by atoms with Gasteiger partial charge >= 0.3 is 5.97 Å². The van der Waals surface area contributed by atoms with E-state index in [1.807, 2.05) is 0 Å². The van der Waals surface area contributed by atoms with Crippen molar-refractivity contribution in [3.63, 3.8) is 0 Å². The molecule has 4 aliphatic rings. The van der Waals surface area contributed by atoms with Crippen molar-refractivity contribution in [3.8, 4) is 0 Å². The normalized spacial score (nSPS) is 53.7. The molecular weight excluding hydrogens is 300 g/mol. The molecule has 4 aliphatic carbocycles. The minimum absolute atomic E-state index is 0.112. The zero-order valence-electron chi connectivity index (χ0n) is 15.6. The lowest BCUT2D eigenvalue weighted by atomic mass is 9.44. The maximum absolute atomic E-state index is 11.5. The first-order chi connectivity index (χ1) is 11.4. The van der Waals surface area contributed by atoms with Gasteiger partial charge < -0.3 is 9.84 Å². The van der Waals surface area contributed by atoms with Crippen molar-refractivity contribution in [1.82, 2.24) is 0 Å². The van der Waals surface area contributed by atoms with E-state index in [1.54, 1.807) is 6.92 Å². The Morgan fingerprint density at radius 3 is 2.54 bits per heavy atom. The molecule has 8 atom stereocenters. The fourth-order valence-corrected chi connectivity index (χ4v) is 7.66. The smallest absolute Gasteiger partial charge is 0.302 e. The summed E-state index contributed by atoms with van der Waals surface area (Å²) >= 11 is 0. The molecular formula is C21H34O3. The highest BCUT2D eigenvalue weighted by atomic mass is 16.5. The number of rotatable bonds is 1. The standard InChI is InChI=1S/C21H34O3/c1-13(22)24-19-10-9-16-15-8-7-14-5-4-6-18(23)21(14,3)17(15)11-12-20(16,19)2/h14-19,23H,4-12H2,1-3H3/t14-,15+,16+,17+,18-,19+,20+,21+/m1/s1. The Morgan fingerprint density at radius 1 is 1.00 bits per heavy atom. The molecule has 0 radical (unpaired) electrons. The second kappa shape index (κ2) is 5.72. The molecule has 0 saturated heterocycles. The summed E-state index contributed by atoms with van der Waals surface area (Å²) < 4.78 is 5.73. The van der Waals surface area contributed by atoms with Gasteiger partial charge in [0.1, 0.15) is 6.10 Å². The number of hydrogen-bond acceptors (Lipinski definition) is 3. The third kappa shape index (κ3) is 2.22. The molecule has 1 N–H and O–H groups in total. The molecule has 0 aromatic carbocycles. The van der Waals surface area contributed by atoms with Crippen molar-refractivity contribution in [2.45, 2.75) is 90.8 Å². The van der Waals surface area contributed by atoms with Gasteiger partial charge in [-0.3, -0.25) is 4.79 Å². The van der Waals surface area contributed by atoms with Crippen LogP contribution in [0.4, 0.5) is 0 Å². The molecule has 0 spiro atoms. The van der Waals surface area contributed by atoms with Crippen molar-refractivity contribution in [1.29, 1.82) is 0 Å². The van der Waals surface area contributed by atoms with Gasteiger partial charge in [0.25, 0.3) is 0 Å². The average molecular weight is 335 g/mol. The monoisotopic (exact) mass is 334 g/mol. The maximum Gasteiger partial charge on any atom is 0.302 e. The van der Waals surface area contributed by atoms with Crippen molar-refractivity contribution >= 4 is 5.97 Å². The van der Waals surface area contributed by atoms with Crippen LogP contribution in [0.2, 0.25) is 0 Å². The van der Waals surface area contributed by atoms with Crippen LogP contribution in [0, 0.1) is 34.5 Å². The molecule has 0 amide bonds. The topological polar surface area (TPSA) is 46.5 Å². The van der Waals surface area contributed by atoms with E-state index < -0.39 is 0 Å². The molecule has 0 heterocycles. The van der Waals surface area contributed by atoms with Gasteiger partial charge in [0.2, 0.25) is 0 Å². The van der Waals surface area contributed by atoms with Crippen LogP contribution in [0.5, 0.6) is 0 Å². The summed E-state index contributed by atoms with van der Waals surface area (Å²) in [6, 6.07) is 0. The Bertz CT molecular complexity index is 517. The highest BCUT2D eigenvalue weighted by molar-refractivity contribution is 5.66. The van der Waals surface area contributed by atoms with Crippen molar-refractivity contribution in [3.05, 3.63) is 0 Å². The zero-order valence-corrected chi connectivity index (χ0v) is 15.6. The highest BCUT2D eigenvalue weighted by Gasteiger charge is 2.62. The number of fused-ring (bicyclic) bond motifs is 5. The number of hydrogen-bond donors (Lipinski definition) is 1. The Labute approximate surface area is 146 Å². The van der Waals surface area contributed by atoms with Crippen molar-refractivity contribution in [2.75, 3.05) is 0 Å². The van der Waals surface area contributed by atoms with Crippen LogP contribution >= 0.6 is 0 Å². The minimum Gasteiger partial charge on any atom is -0.462 e. The Balaban J connectivity index is 1.61. The fraction of sp³-hybridized carbons (Fsp3) is 0.952. The first kappa shape index (κ1) is 16.9. The van der Waals surface area contributed by atoms with Gasteiger partial charge in [0.15, 0.2) is 0 Å². The summed E-state index contributed by atoms with van der Waals surface area (Å²) in [6.07, 6.45) is 10.7. The van der Waals surface area contributed by atoms with Crippen LogP contribution in [-0.2, 0) is 9.53 Å². The van der Waals surface area contributed by atoms with E-state index in [1.165, 1.54) is 38.5 Å².